The van der Waals surface area contributed by atoms with Crippen LogP contribution in [-0.2, 0) is 9.47 Å². The maximum absolute atomic E-state index is 13.4. The number of hydrogen-bond acceptors (Lipinski definition) is 14. The van der Waals surface area contributed by atoms with Gasteiger partial charge in [-0.3, -0.25) is 4.79 Å². The third-order valence-electron chi connectivity index (χ3n) is 7.31. The molecule has 0 aliphatic carbocycles. The first-order valence-electron chi connectivity index (χ1n) is 12.3. The Kier molecular flexibility index (Phi) is 7.47. The van der Waals surface area contributed by atoms with Crippen molar-refractivity contribution in [2.75, 3.05) is 13.2 Å². The molecule has 216 valence electrons. The van der Waals surface area contributed by atoms with E-state index in [1.807, 2.05) is 0 Å². The van der Waals surface area contributed by atoms with Crippen molar-refractivity contribution < 1.29 is 65.0 Å². The molecule has 2 saturated heterocycles. The molecule has 5 rings (SSSR count). The van der Waals surface area contributed by atoms with Gasteiger partial charge in [-0.1, -0.05) is 0 Å². The Labute approximate surface area is 224 Å². The Bertz CT molecular complexity index is 1450. The number of benzene rings is 2. The van der Waals surface area contributed by atoms with Gasteiger partial charge in [-0.05, 0) is 24.3 Å². The Morgan fingerprint density at radius 1 is 0.775 bits per heavy atom. The number of phenols is 3. The van der Waals surface area contributed by atoms with Crippen molar-refractivity contribution in [3.8, 4) is 28.6 Å². The summed E-state index contributed by atoms with van der Waals surface area (Å²) in [6, 6.07) is 6.50. The highest BCUT2D eigenvalue weighted by Crippen LogP contribution is 2.50. The van der Waals surface area contributed by atoms with Crippen LogP contribution in [-0.4, -0.2) is 107 Å². The maximum Gasteiger partial charge on any atom is 0.197 e. The molecule has 1 aromatic heterocycles. The van der Waals surface area contributed by atoms with E-state index in [9.17, 15) is 55.9 Å². The lowest BCUT2D eigenvalue weighted by Crippen LogP contribution is -2.55. The summed E-state index contributed by atoms with van der Waals surface area (Å²) < 4.78 is 16.9. The second-order valence-electron chi connectivity index (χ2n) is 9.80. The summed E-state index contributed by atoms with van der Waals surface area (Å²) in [6.07, 6.45) is -15.7. The van der Waals surface area contributed by atoms with Gasteiger partial charge >= 0.3 is 0 Å². The van der Waals surface area contributed by atoms with Crippen LogP contribution in [0, 0.1) is 0 Å². The number of phenolic OH excluding ortho intramolecular Hbond substituents is 3. The molecule has 0 unspecified atom stereocenters. The lowest BCUT2D eigenvalue weighted by molar-refractivity contribution is -0.232. The Morgan fingerprint density at radius 2 is 1.43 bits per heavy atom. The minimum Gasteiger partial charge on any atom is -0.508 e. The number of hydrogen-bond donors (Lipinski definition) is 10. The molecule has 3 heterocycles. The summed E-state index contributed by atoms with van der Waals surface area (Å²) in [5.41, 5.74) is -2.15. The summed E-state index contributed by atoms with van der Waals surface area (Å²) in [6.45, 7) is -1.34. The van der Waals surface area contributed by atoms with Crippen molar-refractivity contribution >= 4 is 11.0 Å². The van der Waals surface area contributed by atoms with Gasteiger partial charge in [-0.2, -0.15) is 0 Å². The molecule has 0 spiro atoms. The van der Waals surface area contributed by atoms with Crippen molar-refractivity contribution in [2.45, 2.75) is 54.9 Å². The zero-order valence-electron chi connectivity index (χ0n) is 20.6. The molecule has 0 saturated carbocycles. The zero-order chi connectivity index (χ0) is 29.0. The van der Waals surface area contributed by atoms with E-state index in [1.165, 1.54) is 24.3 Å². The molecule has 3 aromatic rings. The van der Waals surface area contributed by atoms with Crippen molar-refractivity contribution in [2.24, 2.45) is 0 Å². The van der Waals surface area contributed by atoms with Crippen LogP contribution in [0.25, 0.3) is 22.3 Å². The fourth-order valence-corrected chi connectivity index (χ4v) is 5.11. The number of aliphatic hydroxyl groups excluding tert-OH is 7. The molecule has 0 radical (unpaired) electrons. The molecule has 14 nitrogen and oxygen atoms in total. The number of ether oxygens (including phenoxy) is 2. The van der Waals surface area contributed by atoms with Crippen molar-refractivity contribution in [1.82, 2.24) is 0 Å². The number of aromatic hydroxyl groups is 3. The van der Waals surface area contributed by atoms with E-state index in [4.69, 9.17) is 13.9 Å². The molecule has 40 heavy (non-hydrogen) atoms. The molecule has 2 aliphatic rings. The second kappa shape index (κ2) is 10.6. The molecule has 2 fully saturated rings. The van der Waals surface area contributed by atoms with E-state index < -0.39 is 107 Å². The predicted molar refractivity (Wildman–Crippen MR) is 132 cm³/mol. The molecule has 0 bridgehead atoms. The number of rotatable bonds is 4. The smallest absolute Gasteiger partial charge is 0.197 e. The van der Waals surface area contributed by atoms with Gasteiger partial charge in [-0.25, -0.2) is 0 Å². The SMILES string of the molecule is O=c1cc(-c2ccc(O)cc2)oc2c([C@@H]3OC[C@@H](O)[C@@H](O)[C@H]3O)c(O)c([C@@H]3O[C@H](CO)[C@@H](O)[C@H](O)[C@H]3O)c(O)c12. The highest BCUT2D eigenvalue weighted by molar-refractivity contribution is 5.92. The number of fused-ring (bicyclic) bond motifs is 1. The van der Waals surface area contributed by atoms with Crippen LogP contribution in [0.1, 0.15) is 23.3 Å². The van der Waals surface area contributed by atoms with E-state index in [-0.39, 0.29) is 11.5 Å². The van der Waals surface area contributed by atoms with Crippen molar-refractivity contribution in [3.63, 3.8) is 0 Å². The minimum absolute atomic E-state index is 0.0710. The second-order valence-corrected chi connectivity index (χ2v) is 9.80. The summed E-state index contributed by atoms with van der Waals surface area (Å²) in [4.78, 5) is 13.4. The van der Waals surface area contributed by atoms with Crippen LogP contribution in [0.15, 0.2) is 39.5 Å². The first kappa shape index (κ1) is 28.2. The zero-order valence-corrected chi connectivity index (χ0v) is 20.6. The molecule has 14 heteroatoms. The fourth-order valence-electron chi connectivity index (χ4n) is 5.11. The minimum atomic E-state index is -1.98. The molecule has 2 aromatic carbocycles. The maximum atomic E-state index is 13.4. The highest BCUT2D eigenvalue weighted by Gasteiger charge is 2.48. The van der Waals surface area contributed by atoms with Gasteiger partial charge in [0.1, 0.15) is 83.3 Å². The average molecular weight is 564 g/mol. The van der Waals surface area contributed by atoms with Crippen molar-refractivity contribution in [1.29, 1.82) is 0 Å². The van der Waals surface area contributed by atoms with Crippen LogP contribution >= 0.6 is 0 Å². The molecular weight excluding hydrogens is 536 g/mol. The third kappa shape index (κ3) is 4.49. The Hall–Kier alpha value is -3.31. The highest BCUT2D eigenvalue weighted by atomic mass is 16.5. The summed E-state index contributed by atoms with van der Waals surface area (Å²) >= 11 is 0. The van der Waals surface area contributed by atoms with Crippen LogP contribution in [0.4, 0.5) is 0 Å². The topological polar surface area (TPSA) is 251 Å². The molecule has 10 N–H and O–H groups in total. The van der Waals surface area contributed by atoms with E-state index in [1.54, 1.807) is 0 Å². The third-order valence-corrected chi connectivity index (χ3v) is 7.31. The van der Waals surface area contributed by atoms with Crippen molar-refractivity contribution in [3.05, 3.63) is 51.7 Å². The van der Waals surface area contributed by atoms with Crippen LogP contribution in [0.3, 0.4) is 0 Å². The van der Waals surface area contributed by atoms with E-state index in [0.717, 1.165) is 6.07 Å². The monoisotopic (exact) mass is 564 g/mol. The fraction of sp³-hybridized carbons (Fsp3) is 0.423. The largest absolute Gasteiger partial charge is 0.508 e. The van der Waals surface area contributed by atoms with Gasteiger partial charge in [0.05, 0.1) is 24.3 Å². The Morgan fingerprint density at radius 3 is 2.08 bits per heavy atom. The summed E-state index contributed by atoms with van der Waals surface area (Å²) in [5.74, 6) is -2.01. The lowest BCUT2D eigenvalue weighted by atomic mass is 9.85. The average Bonchev–Trinajstić information content (AvgIpc) is 2.92. The van der Waals surface area contributed by atoms with Crippen LogP contribution in [0.5, 0.6) is 17.2 Å². The van der Waals surface area contributed by atoms with E-state index >= 15 is 0 Å². The van der Waals surface area contributed by atoms with Gasteiger partial charge in [0.2, 0.25) is 0 Å². The molecular formula is C26H28O14. The standard InChI is InChI=1S/C26H28O14/c27-6-13-18(32)21(35)23(37)26(40-13)15-19(33)14-10(29)5-12(8-1-3-9(28)4-2-8)39-24(14)16(20(15)34)25-22(36)17(31)11(30)7-38-25/h1-5,11,13,17-18,21-23,25-28,30-37H,6-7H2/t11-,13-,17-,18-,21+,22-,23-,25+,26+/m1/s1. The number of aliphatic hydroxyl groups is 7. The summed E-state index contributed by atoms with van der Waals surface area (Å²) in [7, 11) is 0. The van der Waals surface area contributed by atoms with Gasteiger partial charge in [0.15, 0.2) is 11.0 Å². The van der Waals surface area contributed by atoms with Gasteiger partial charge < -0.3 is 65.0 Å². The molecule has 2 aliphatic heterocycles. The summed E-state index contributed by atoms with van der Waals surface area (Å²) in [5, 5.41) is 104. The van der Waals surface area contributed by atoms with Crippen LogP contribution in [0.2, 0.25) is 0 Å². The lowest BCUT2D eigenvalue weighted by Gasteiger charge is -2.41. The first-order valence-corrected chi connectivity index (χ1v) is 12.3. The quantitative estimate of drug-likeness (QED) is 0.169. The van der Waals surface area contributed by atoms with E-state index in [2.05, 4.69) is 0 Å². The predicted octanol–water partition coefficient (Wildman–Crippen LogP) is -1.75. The first-order chi connectivity index (χ1) is 19.0. The molecule has 0 amide bonds. The Balaban J connectivity index is 1.80. The normalized spacial score (nSPS) is 32.8. The van der Waals surface area contributed by atoms with Gasteiger partial charge in [0, 0.05) is 11.6 Å². The molecule has 9 atom stereocenters. The van der Waals surface area contributed by atoms with E-state index in [0.29, 0.717) is 5.56 Å². The van der Waals surface area contributed by atoms with Crippen LogP contribution < -0.4 is 5.43 Å². The van der Waals surface area contributed by atoms with Gasteiger partial charge in [0.25, 0.3) is 0 Å². The van der Waals surface area contributed by atoms with Gasteiger partial charge in [-0.15, -0.1) is 0 Å².